The summed E-state index contributed by atoms with van der Waals surface area (Å²) >= 11 is 0. The smallest absolute Gasteiger partial charge is 0.462 e. The fraction of sp³-hybridized carbons (Fsp3) is 0.950. The number of rotatable bonds is 78. The van der Waals surface area contributed by atoms with Gasteiger partial charge in [-0.15, -0.1) is 0 Å². The lowest BCUT2D eigenvalue weighted by Gasteiger charge is -2.21. The molecule has 0 aromatic carbocycles. The molecule has 0 amide bonds. The van der Waals surface area contributed by atoms with Crippen LogP contribution in [0.5, 0.6) is 0 Å². The Labute approximate surface area is 607 Å². The molecule has 0 radical (unpaired) electrons. The second-order valence-electron chi connectivity index (χ2n) is 30.2. The van der Waals surface area contributed by atoms with Gasteiger partial charge in [0.1, 0.15) is 19.3 Å². The Balaban J connectivity index is 5.23. The molecule has 0 aromatic rings. The van der Waals surface area contributed by atoms with Gasteiger partial charge in [0.25, 0.3) is 0 Å². The monoisotopic (exact) mass is 1450 g/mol. The molecule has 17 nitrogen and oxygen atoms in total. The summed E-state index contributed by atoms with van der Waals surface area (Å²) in [6.45, 7) is 12.0. The summed E-state index contributed by atoms with van der Waals surface area (Å²) < 4.78 is 68.6. The third-order valence-electron chi connectivity index (χ3n) is 18.6. The summed E-state index contributed by atoms with van der Waals surface area (Å²) in [6.07, 6.45) is 58.2. The Bertz CT molecular complexity index is 1920. The molecular formula is C80H156O17P2. The van der Waals surface area contributed by atoms with Crippen molar-refractivity contribution in [1.82, 2.24) is 0 Å². The Hall–Kier alpha value is -1.94. The van der Waals surface area contributed by atoms with E-state index in [1.807, 2.05) is 0 Å². The molecule has 19 heteroatoms. The van der Waals surface area contributed by atoms with E-state index in [9.17, 15) is 43.2 Å². The predicted octanol–water partition coefficient (Wildman–Crippen LogP) is 23.7. The van der Waals surface area contributed by atoms with Gasteiger partial charge in [0.2, 0.25) is 0 Å². The van der Waals surface area contributed by atoms with E-state index in [4.69, 9.17) is 37.0 Å². The summed E-state index contributed by atoms with van der Waals surface area (Å²) in [7, 11) is -9.92. The van der Waals surface area contributed by atoms with Gasteiger partial charge in [-0.05, 0) is 43.4 Å². The average molecular weight is 1450 g/mol. The molecule has 0 fully saturated rings. The summed E-state index contributed by atoms with van der Waals surface area (Å²) in [5, 5.41) is 10.6. The predicted molar refractivity (Wildman–Crippen MR) is 405 cm³/mol. The van der Waals surface area contributed by atoms with Gasteiger partial charge in [0, 0.05) is 25.7 Å². The largest absolute Gasteiger partial charge is 0.472 e. The standard InChI is InChI=1S/C80H156O17P2/c1-8-9-10-11-12-30-40-47-54-61-77(82)90-67-75(96-80(85)64-57-50-43-36-29-23-26-33-39-46-53-60-73(6)7)69-94-98(86,87)92-65-74(81)66-93-99(88,89)95-70-76(97-79(84)63-56-49-42-35-28-22-18-14-16-20-25-32-38-45-52-59-72(4)5)68-91-78(83)62-55-48-41-34-27-21-17-13-15-19-24-31-37-44-51-58-71(2)3/h71-76,81H,8-70H2,1-7H3,(H,86,87)(H,88,89)/t74-,75+,76+/m0/s1. The van der Waals surface area contributed by atoms with Crippen LogP contribution in [-0.4, -0.2) is 96.7 Å². The first-order valence-electron chi connectivity index (χ1n) is 41.3. The van der Waals surface area contributed by atoms with Crippen LogP contribution in [0.1, 0.15) is 414 Å². The summed E-state index contributed by atoms with van der Waals surface area (Å²) in [6, 6.07) is 0. The minimum atomic E-state index is -4.96. The van der Waals surface area contributed by atoms with Crippen molar-refractivity contribution in [2.24, 2.45) is 17.8 Å². The number of phosphoric acid groups is 2. The maximum absolute atomic E-state index is 13.1. The number of phosphoric ester groups is 2. The van der Waals surface area contributed by atoms with Gasteiger partial charge in [-0.2, -0.15) is 0 Å². The molecule has 0 aliphatic carbocycles. The lowest BCUT2D eigenvalue weighted by molar-refractivity contribution is -0.161. The van der Waals surface area contributed by atoms with E-state index >= 15 is 0 Å². The Morgan fingerprint density at radius 1 is 0.273 bits per heavy atom. The van der Waals surface area contributed by atoms with Crippen LogP contribution in [0.3, 0.4) is 0 Å². The maximum atomic E-state index is 13.1. The van der Waals surface area contributed by atoms with Crippen LogP contribution in [0.4, 0.5) is 0 Å². The van der Waals surface area contributed by atoms with Crippen LogP contribution in [0, 0.1) is 17.8 Å². The van der Waals surface area contributed by atoms with Gasteiger partial charge >= 0.3 is 39.5 Å². The second kappa shape index (κ2) is 70.4. The Morgan fingerprint density at radius 3 is 0.687 bits per heavy atom. The molecule has 0 aliphatic heterocycles. The highest BCUT2D eigenvalue weighted by Gasteiger charge is 2.30. The number of esters is 4. The number of carbonyl (C=O) groups excluding carboxylic acids is 4. The number of unbranched alkanes of at least 4 members (excludes halogenated alkanes) is 46. The van der Waals surface area contributed by atoms with Crippen LogP contribution in [0.25, 0.3) is 0 Å². The van der Waals surface area contributed by atoms with Crippen molar-refractivity contribution in [2.75, 3.05) is 39.6 Å². The first kappa shape index (κ1) is 97.1. The molecule has 0 aromatic heterocycles. The first-order valence-corrected chi connectivity index (χ1v) is 44.3. The highest BCUT2D eigenvalue weighted by atomic mass is 31.2. The molecule has 0 aliphatic rings. The van der Waals surface area contributed by atoms with Crippen molar-refractivity contribution in [3.63, 3.8) is 0 Å². The zero-order valence-corrected chi connectivity index (χ0v) is 66.8. The summed E-state index contributed by atoms with van der Waals surface area (Å²) in [5.41, 5.74) is 0. The quantitative estimate of drug-likeness (QED) is 0.0222. The summed E-state index contributed by atoms with van der Waals surface area (Å²) in [4.78, 5) is 72.9. The number of hydrogen-bond acceptors (Lipinski definition) is 15. The Kier molecular flexibility index (Phi) is 69.0. The van der Waals surface area contributed by atoms with E-state index in [2.05, 4.69) is 48.5 Å². The van der Waals surface area contributed by atoms with Gasteiger partial charge in [0.05, 0.1) is 26.4 Å². The van der Waals surface area contributed by atoms with Crippen molar-refractivity contribution in [1.29, 1.82) is 0 Å². The summed E-state index contributed by atoms with van der Waals surface area (Å²) in [5.74, 6) is 0.262. The third kappa shape index (κ3) is 74.1. The molecule has 0 spiro atoms. The van der Waals surface area contributed by atoms with Gasteiger partial charge < -0.3 is 33.8 Å². The number of ether oxygens (including phenoxy) is 4. The molecule has 2 unspecified atom stereocenters. The van der Waals surface area contributed by atoms with E-state index in [1.165, 1.54) is 225 Å². The molecule has 5 atom stereocenters. The molecule has 0 heterocycles. The lowest BCUT2D eigenvalue weighted by Crippen LogP contribution is -2.30. The van der Waals surface area contributed by atoms with Crippen molar-refractivity contribution in [2.45, 2.75) is 433 Å². The number of aliphatic hydroxyl groups excluding tert-OH is 1. The molecule has 3 N–H and O–H groups in total. The molecule has 99 heavy (non-hydrogen) atoms. The van der Waals surface area contributed by atoms with Crippen LogP contribution < -0.4 is 0 Å². The minimum absolute atomic E-state index is 0.106. The molecule has 0 saturated carbocycles. The van der Waals surface area contributed by atoms with Gasteiger partial charge in [-0.3, -0.25) is 37.3 Å². The topological polar surface area (TPSA) is 237 Å². The zero-order valence-electron chi connectivity index (χ0n) is 65.0. The number of hydrogen-bond donors (Lipinski definition) is 3. The van der Waals surface area contributed by atoms with Crippen molar-refractivity contribution in [3.8, 4) is 0 Å². The molecule has 0 saturated heterocycles. The number of aliphatic hydroxyl groups is 1. The third-order valence-corrected chi connectivity index (χ3v) is 20.5. The first-order chi connectivity index (χ1) is 47.7. The highest BCUT2D eigenvalue weighted by Crippen LogP contribution is 2.45. The van der Waals surface area contributed by atoms with Crippen LogP contribution >= 0.6 is 15.6 Å². The second-order valence-corrected chi connectivity index (χ2v) is 33.1. The van der Waals surface area contributed by atoms with Gasteiger partial charge in [-0.1, -0.05) is 363 Å². The normalized spacial score (nSPS) is 14.0. The lowest BCUT2D eigenvalue weighted by atomic mass is 10.0. The van der Waals surface area contributed by atoms with Gasteiger partial charge in [0.15, 0.2) is 12.2 Å². The Morgan fingerprint density at radius 2 is 0.465 bits per heavy atom. The molecular weight excluding hydrogens is 1290 g/mol. The fourth-order valence-corrected chi connectivity index (χ4v) is 13.9. The fourth-order valence-electron chi connectivity index (χ4n) is 12.3. The van der Waals surface area contributed by atoms with Crippen molar-refractivity contribution < 1.29 is 80.2 Å². The van der Waals surface area contributed by atoms with Crippen LogP contribution in [0.15, 0.2) is 0 Å². The van der Waals surface area contributed by atoms with E-state index in [0.29, 0.717) is 25.7 Å². The highest BCUT2D eigenvalue weighted by molar-refractivity contribution is 7.47. The zero-order chi connectivity index (χ0) is 73.0. The molecule has 0 bridgehead atoms. The van der Waals surface area contributed by atoms with E-state index < -0.39 is 97.5 Å². The maximum Gasteiger partial charge on any atom is 0.472 e. The van der Waals surface area contributed by atoms with Crippen LogP contribution in [-0.2, 0) is 65.4 Å². The van der Waals surface area contributed by atoms with E-state index in [0.717, 1.165) is 108 Å². The van der Waals surface area contributed by atoms with Crippen molar-refractivity contribution in [3.05, 3.63) is 0 Å². The molecule has 588 valence electrons. The van der Waals surface area contributed by atoms with Gasteiger partial charge in [-0.25, -0.2) is 9.13 Å². The van der Waals surface area contributed by atoms with E-state index in [-0.39, 0.29) is 25.7 Å². The number of carbonyl (C=O) groups is 4. The van der Waals surface area contributed by atoms with Crippen molar-refractivity contribution >= 4 is 39.5 Å². The average Bonchev–Trinajstić information content (AvgIpc) is 1.09. The SMILES string of the molecule is CCCCCCCCCCCC(=O)OC[C@H](COP(=O)(O)OC[C@H](O)COP(=O)(O)OC[C@@H](COC(=O)CCCCCCCCCCCCCCCCCC(C)C)OC(=O)CCCCCCCCCCCCCCCCCC(C)C)OC(=O)CCCCCCCCCCCCCC(C)C. The van der Waals surface area contributed by atoms with E-state index in [1.54, 1.807) is 0 Å². The minimum Gasteiger partial charge on any atom is -0.462 e. The molecule has 0 rings (SSSR count). The van der Waals surface area contributed by atoms with Crippen LogP contribution in [0.2, 0.25) is 0 Å².